The molecule has 0 aromatic heterocycles. The van der Waals surface area contributed by atoms with Crippen LogP contribution in [0.4, 0.5) is 0 Å². The Labute approximate surface area is 785 Å². The smallest absolute Gasteiger partial charge is 0.127 e. The molecular formula is C123H132O9. The molecule has 678 valence electrons. The molecule has 5 aliphatic rings. The highest BCUT2D eigenvalue weighted by Crippen LogP contribution is 2.60. The van der Waals surface area contributed by atoms with E-state index < -0.39 is 0 Å². The second-order valence-corrected chi connectivity index (χ2v) is 36.0. The molecule has 15 aromatic carbocycles. The molecule has 15 aromatic rings. The van der Waals surface area contributed by atoms with Gasteiger partial charge in [-0.05, 0) is 242 Å². The van der Waals surface area contributed by atoms with E-state index in [0.29, 0.717) is 51.8 Å². The first kappa shape index (κ1) is 94.6. The van der Waals surface area contributed by atoms with Gasteiger partial charge in [0, 0.05) is 17.4 Å². The molecule has 0 heterocycles. The van der Waals surface area contributed by atoms with E-state index in [9.17, 15) is 0 Å². The van der Waals surface area contributed by atoms with Crippen LogP contribution in [0.15, 0.2) is 394 Å². The lowest BCUT2D eigenvalue weighted by atomic mass is 9.80. The van der Waals surface area contributed by atoms with Crippen LogP contribution in [0.5, 0.6) is 17.2 Å². The summed E-state index contributed by atoms with van der Waals surface area (Å²) in [6.07, 6.45) is 16.2. The number of para-hydroxylation sites is 2. The van der Waals surface area contributed by atoms with Gasteiger partial charge in [-0.25, -0.2) is 0 Å². The van der Waals surface area contributed by atoms with E-state index in [1.807, 2.05) is 109 Å². The van der Waals surface area contributed by atoms with Gasteiger partial charge in [-0.2, -0.15) is 0 Å². The van der Waals surface area contributed by atoms with Crippen LogP contribution in [0, 0.1) is 23.7 Å². The van der Waals surface area contributed by atoms with Gasteiger partial charge in [-0.3, -0.25) is 0 Å². The van der Waals surface area contributed by atoms with Gasteiger partial charge in [0.25, 0.3) is 0 Å². The average molecular weight is 1750 g/mol. The SMILES string of the molecule is CC(Cc1ccccc1)OC1CC2CC1C1CCCC21.CC(Cc1ccccc1)OC1Cc2cccc3cccc1c23.CC(Cc1ccccc1)OC1c2ccccc2-c2ccccc21.CC(Cc1ccccc1)OCCOc1cccc2ccccc12.CC(Cc1ccccc1)OCCOc1ccccc1.CC(Cc1ccccc1)OCCOc1ccccc1-c1ccccc1. The predicted molar refractivity (Wildman–Crippen MR) is 542 cm³/mol. The fourth-order valence-corrected chi connectivity index (χ4v) is 20.0. The van der Waals surface area contributed by atoms with Crippen molar-refractivity contribution in [3.8, 4) is 39.5 Å². The highest BCUT2D eigenvalue weighted by Gasteiger charge is 2.54. The van der Waals surface area contributed by atoms with Gasteiger partial charge < -0.3 is 42.6 Å². The zero-order valence-electron chi connectivity index (χ0n) is 77.9. The van der Waals surface area contributed by atoms with Crippen LogP contribution in [0.2, 0.25) is 0 Å². The zero-order chi connectivity index (χ0) is 90.7. The summed E-state index contributed by atoms with van der Waals surface area (Å²) >= 11 is 0. The lowest BCUT2D eigenvalue weighted by Crippen LogP contribution is -2.33. The quantitative estimate of drug-likeness (QED) is 0.0366. The third-order valence-electron chi connectivity index (χ3n) is 26.0. The van der Waals surface area contributed by atoms with E-state index in [-0.39, 0.29) is 42.7 Å². The monoisotopic (exact) mass is 1750 g/mol. The van der Waals surface area contributed by atoms with Crippen LogP contribution in [0.3, 0.4) is 0 Å². The molecule has 132 heavy (non-hydrogen) atoms. The fraction of sp³-hybridized carbons (Fsp3) is 0.301. The third kappa shape index (κ3) is 27.8. The van der Waals surface area contributed by atoms with Crippen LogP contribution in [-0.2, 0) is 73.4 Å². The van der Waals surface area contributed by atoms with Crippen molar-refractivity contribution in [2.75, 3.05) is 39.6 Å². The second kappa shape index (κ2) is 50.0. The number of ether oxygens (including phenoxy) is 9. The molecular weight excluding hydrogens is 1620 g/mol. The van der Waals surface area contributed by atoms with Crippen molar-refractivity contribution >= 4 is 21.5 Å². The van der Waals surface area contributed by atoms with Crippen LogP contribution in [-0.4, -0.2) is 82.4 Å². The summed E-state index contributed by atoms with van der Waals surface area (Å²) in [5.41, 5.74) is 18.2. The molecule has 12 atom stereocenters. The Hall–Kier alpha value is -12.0. The molecule has 9 nitrogen and oxygen atoms in total. The minimum absolute atomic E-state index is 0.0427. The summed E-state index contributed by atoms with van der Waals surface area (Å²) in [6.45, 7) is 16.4. The van der Waals surface area contributed by atoms with E-state index in [2.05, 4.69) is 327 Å². The minimum atomic E-state index is 0.0427. The number of hydrogen-bond donors (Lipinski definition) is 0. The first-order valence-corrected chi connectivity index (χ1v) is 48.2. The Morgan fingerprint density at radius 3 is 1.17 bits per heavy atom. The molecule has 0 saturated heterocycles. The van der Waals surface area contributed by atoms with Gasteiger partial charge in [0.15, 0.2) is 0 Å². The van der Waals surface area contributed by atoms with E-state index >= 15 is 0 Å². The Bertz CT molecular complexity index is 5790. The first-order chi connectivity index (χ1) is 64.9. The molecule has 12 unspecified atom stereocenters. The van der Waals surface area contributed by atoms with E-state index in [4.69, 9.17) is 42.6 Å². The van der Waals surface area contributed by atoms with Gasteiger partial charge in [0.1, 0.15) is 43.2 Å². The van der Waals surface area contributed by atoms with E-state index in [1.165, 1.54) is 115 Å². The van der Waals surface area contributed by atoms with Crippen molar-refractivity contribution < 1.29 is 42.6 Å². The van der Waals surface area contributed by atoms with Gasteiger partial charge in [-0.15, -0.1) is 0 Å². The highest BCUT2D eigenvalue weighted by atomic mass is 16.5. The standard InChI is InChI=1S/C23H24O2.C22H20O.C21H22O2.C21H20O.C19H26O.C17H20O2/c1-19(18-20-10-4-2-5-11-20)24-16-17-25-23-15-9-8-14-22(23)21-12-6-3-7-13-21;1-16(15-17-9-3-2-4-10-17)23-22-20-13-7-5-11-18(20)19-12-6-8-14-21(19)22;1-17(16-18-8-3-2-4-9-18)22-14-15-23-21-13-7-11-19-10-5-6-12-20(19)21;1-15(13-16-7-3-2-4-8-16)22-20-14-18-11-5-9-17-10-6-12-19(20)21(17)18;1-13(10-14-6-3-2-4-7-14)20-19-12-15-11-18(19)17-9-5-8-16(15)17;1-15(14-16-8-4-2-5-9-16)18-12-13-19-17-10-6-3-7-11-17/h2-15,19H,16-18H2,1H3;2-14,16,22H,15H2,1H3;2-13,17H,14-16H2,1H3;2-12,15,20H,13-14H2,1H3;2-4,6-7,13,15-19H,5,8-12H2,1H3;2-11,15H,12-14H2,1H3. The first-order valence-electron chi connectivity index (χ1n) is 48.2. The maximum atomic E-state index is 6.47. The number of fused-ring (bicyclic) bond motifs is 9. The summed E-state index contributed by atoms with van der Waals surface area (Å²) in [7, 11) is 0. The van der Waals surface area contributed by atoms with Gasteiger partial charge in [0.2, 0.25) is 0 Å². The van der Waals surface area contributed by atoms with Gasteiger partial charge in [0.05, 0.1) is 68.7 Å². The Kier molecular flexibility index (Phi) is 35.8. The molecule has 0 amide bonds. The summed E-state index contributed by atoms with van der Waals surface area (Å²) in [5, 5.41) is 5.08. The Morgan fingerprint density at radius 2 is 0.644 bits per heavy atom. The van der Waals surface area contributed by atoms with Gasteiger partial charge in [-0.1, -0.05) is 376 Å². The molecule has 3 saturated carbocycles. The lowest BCUT2D eigenvalue weighted by Gasteiger charge is -2.33. The lowest BCUT2D eigenvalue weighted by molar-refractivity contribution is -0.0499. The third-order valence-corrected chi connectivity index (χ3v) is 26.0. The fourth-order valence-electron chi connectivity index (χ4n) is 20.0. The summed E-state index contributed by atoms with van der Waals surface area (Å²) in [5.74, 6) is 6.69. The molecule has 0 N–H and O–H groups in total. The van der Waals surface area contributed by atoms with Crippen LogP contribution >= 0.6 is 0 Å². The molecule has 0 radical (unpaired) electrons. The second-order valence-electron chi connectivity index (χ2n) is 36.0. The maximum Gasteiger partial charge on any atom is 0.127 e. The van der Waals surface area contributed by atoms with Crippen molar-refractivity contribution in [1.29, 1.82) is 0 Å². The summed E-state index contributed by atoms with van der Waals surface area (Å²) in [4.78, 5) is 0. The zero-order valence-corrected chi connectivity index (χ0v) is 77.9. The Balaban J connectivity index is 0.000000121. The average Bonchev–Trinajstić information content (AvgIpc) is 1.59. The summed E-state index contributed by atoms with van der Waals surface area (Å²) in [6, 6.07) is 136. The van der Waals surface area contributed by atoms with Crippen molar-refractivity contribution in [2.24, 2.45) is 23.7 Å². The van der Waals surface area contributed by atoms with E-state index in [0.717, 1.165) is 102 Å². The molecule has 0 aliphatic heterocycles. The van der Waals surface area contributed by atoms with Crippen LogP contribution in [0.1, 0.15) is 141 Å². The normalized spacial score (nSPS) is 17.6. The van der Waals surface area contributed by atoms with Gasteiger partial charge >= 0.3 is 0 Å². The van der Waals surface area contributed by atoms with Crippen molar-refractivity contribution in [3.05, 3.63) is 450 Å². The molecule has 3 fully saturated rings. The molecule has 0 spiro atoms. The van der Waals surface area contributed by atoms with Crippen molar-refractivity contribution in [2.45, 2.75) is 174 Å². The topological polar surface area (TPSA) is 83.1 Å². The molecule has 5 aliphatic carbocycles. The molecule has 2 bridgehead atoms. The predicted octanol–water partition coefficient (Wildman–Crippen LogP) is 28.9. The Morgan fingerprint density at radius 1 is 0.273 bits per heavy atom. The van der Waals surface area contributed by atoms with Crippen molar-refractivity contribution in [1.82, 2.24) is 0 Å². The number of benzene rings is 15. The van der Waals surface area contributed by atoms with E-state index in [1.54, 1.807) is 0 Å². The highest BCUT2D eigenvalue weighted by molar-refractivity contribution is 5.91. The maximum absolute atomic E-state index is 6.47. The largest absolute Gasteiger partial charge is 0.491 e. The minimum Gasteiger partial charge on any atom is -0.491 e. The number of hydrogen-bond acceptors (Lipinski definition) is 9. The molecule has 9 heteroatoms. The van der Waals surface area contributed by atoms with Crippen molar-refractivity contribution in [3.63, 3.8) is 0 Å². The van der Waals surface area contributed by atoms with Crippen LogP contribution in [0.25, 0.3) is 43.8 Å². The summed E-state index contributed by atoms with van der Waals surface area (Å²) < 4.78 is 54.2. The molecule has 20 rings (SSSR count). The van der Waals surface area contributed by atoms with Crippen LogP contribution < -0.4 is 14.2 Å². The number of rotatable bonds is 34.